The second-order valence-electron chi connectivity index (χ2n) is 5.67. The molecule has 3 heteroatoms. The van der Waals surface area contributed by atoms with Gasteiger partial charge in [0.25, 0.3) is 0 Å². The normalized spacial score (nSPS) is 29.6. The molecule has 3 heterocycles. The third kappa shape index (κ3) is 1.99. The van der Waals surface area contributed by atoms with E-state index in [2.05, 4.69) is 40.6 Å². The first-order valence-corrected chi connectivity index (χ1v) is 7.20. The van der Waals surface area contributed by atoms with Crippen molar-refractivity contribution in [1.29, 1.82) is 0 Å². The summed E-state index contributed by atoms with van der Waals surface area (Å²) in [6.45, 7) is 0. The third-order valence-electron chi connectivity index (χ3n) is 4.39. The lowest BCUT2D eigenvalue weighted by Gasteiger charge is -2.48. The average molecular weight is 263 g/mol. The van der Waals surface area contributed by atoms with E-state index in [-0.39, 0.29) is 0 Å². The number of rotatable bonds is 2. The van der Waals surface area contributed by atoms with Gasteiger partial charge in [0.15, 0.2) is 0 Å². The number of aliphatic imine (C=N–C) groups is 1. The SMILES string of the molecule is c1ccc(C2N/C(=N/c3cccnc3)C3CC2C3)cc1. The van der Waals surface area contributed by atoms with Crippen molar-refractivity contribution in [2.45, 2.75) is 18.9 Å². The number of piperidine rings is 2. The van der Waals surface area contributed by atoms with Crippen LogP contribution in [0.15, 0.2) is 59.9 Å². The molecule has 100 valence electrons. The maximum absolute atomic E-state index is 4.76. The summed E-state index contributed by atoms with van der Waals surface area (Å²) in [5, 5.41) is 3.64. The van der Waals surface area contributed by atoms with Gasteiger partial charge in [0.1, 0.15) is 5.84 Å². The number of hydrogen-bond donors (Lipinski definition) is 1. The number of benzene rings is 1. The fraction of sp³-hybridized carbons (Fsp3) is 0.294. The van der Waals surface area contributed by atoms with Crippen LogP contribution in [-0.4, -0.2) is 10.8 Å². The molecule has 3 nitrogen and oxygen atoms in total. The Kier molecular flexibility index (Phi) is 2.76. The molecular formula is C17H17N3. The zero-order valence-corrected chi connectivity index (χ0v) is 11.2. The van der Waals surface area contributed by atoms with Gasteiger partial charge in [-0.15, -0.1) is 0 Å². The Morgan fingerprint density at radius 1 is 1.05 bits per heavy atom. The van der Waals surface area contributed by atoms with E-state index < -0.39 is 0 Å². The molecule has 2 aromatic rings. The van der Waals surface area contributed by atoms with Gasteiger partial charge in [0, 0.05) is 12.1 Å². The van der Waals surface area contributed by atoms with Crippen molar-refractivity contribution >= 4 is 11.5 Å². The highest BCUT2D eigenvalue weighted by molar-refractivity contribution is 5.89. The van der Waals surface area contributed by atoms with Crippen LogP contribution in [0.25, 0.3) is 0 Å². The van der Waals surface area contributed by atoms with Crippen molar-refractivity contribution in [3.8, 4) is 0 Å². The molecular weight excluding hydrogens is 246 g/mol. The van der Waals surface area contributed by atoms with Crippen molar-refractivity contribution in [1.82, 2.24) is 10.3 Å². The number of fused-ring (bicyclic) bond motifs is 2. The summed E-state index contributed by atoms with van der Waals surface area (Å²) in [6.07, 6.45) is 6.11. The highest BCUT2D eigenvalue weighted by atomic mass is 15.1. The van der Waals surface area contributed by atoms with E-state index >= 15 is 0 Å². The van der Waals surface area contributed by atoms with E-state index in [1.54, 1.807) is 6.20 Å². The van der Waals surface area contributed by atoms with Crippen molar-refractivity contribution < 1.29 is 0 Å². The zero-order chi connectivity index (χ0) is 13.4. The molecule has 1 aromatic carbocycles. The van der Waals surface area contributed by atoms with E-state index in [1.165, 1.54) is 18.4 Å². The van der Waals surface area contributed by atoms with Crippen LogP contribution in [0.2, 0.25) is 0 Å². The van der Waals surface area contributed by atoms with Gasteiger partial charge in [-0.25, -0.2) is 4.99 Å². The fourth-order valence-corrected chi connectivity index (χ4v) is 3.25. The highest BCUT2D eigenvalue weighted by Crippen LogP contribution is 2.47. The number of hydrogen-bond acceptors (Lipinski definition) is 2. The van der Waals surface area contributed by atoms with Gasteiger partial charge in [-0.1, -0.05) is 30.3 Å². The van der Waals surface area contributed by atoms with Gasteiger partial charge in [0.2, 0.25) is 0 Å². The number of aromatic nitrogens is 1. The van der Waals surface area contributed by atoms with Crippen molar-refractivity contribution in [2.24, 2.45) is 16.8 Å². The molecule has 3 aliphatic rings. The van der Waals surface area contributed by atoms with Crippen LogP contribution in [0, 0.1) is 11.8 Å². The molecule has 1 N–H and O–H groups in total. The van der Waals surface area contributed by atoms with Crippen LogP contribution < -0.4 is 5.32 Å². The van der Waals surface area contributed by atoms with Crippen LogP contribution in [-0.2, 0) is 0 Å². The molecule has 0 radical (unpaired) electrons. The van der Waals surface area contributed by atoms with Crippen LogP contribution in [0.4, 0.5) is 5.69 Å². The van der Waals surface area contributed by atoms with Crippen molar-refractivity contribution in [3.05, 3.63) is 60.4 Å². The van der Waals surface area contributed by atoms with Gasteiger partial charge in [-0.3, -0.25) is 4.98 Å². The molecule has 3 fully saturated rings. The van der Waals surface area contributed by atoms with E-state index in [0.717, 1.165) is 17.4 Å². The Morgan fingerprint density at radius 3 is 2.65 bits per heavy atom. The predicted octanol–water partition coefficient (Wildman–Crippen LogP) is 3.48. The predicted molar refractivity (Wildman–Crippen MR) is 79.9 cm³/mol. The summed E-state index contributed by atoms with van der Waals surface area (Å²) in [5.74, 6) is 2.50. The summed E-state index contributed by atoms with van der Waals surface area (Å²) >= 11 is 0. The summed E-state index contributed by atoms with van der Waals surface area (Å²) in [7, 11) is 0. The molecule has 1 aromatic heterocycles. The van der Waals surface area contributed by atoms with Gasteiger partial charge >= 0.3 is 0 Å². The lowest BCUT2D eigenvalue weighted by Crippen LogP contribution is -2.52. The Hall–Kier alpha value is -2.16. The van der Waals surface area contributed by atoms with Gasteiger partial charge in [-0.2, -0.15) is 0 Å². The molecule has 5 rings (SSSR count). The van der Waals surface area contributed by atoms with E-state index in [0.29, 0.717) is 12.0 Å². The molecule has 1 unspecified atom stereocenters. The second-order valence-corrected chi connectivity index (χ2v) is 5.67. The van der Waals surface area contributed by atoms with Crippen LogP contribution >= 0.6 is 0 Å². The number of nitrogens with one attached hydrogen (secondary N) is 1. The Balaban J connectivity index is 1.62. The maximum atomic E-state index is 4.76. The lowest BCUT2D eigenvalue weighted by molar-refractivity contribution is 0.165. The summed E-state index contributed by atoms with van der Waals surface area (Å²) in [5.41, 5.74) is 2.31. The minimum absolute atomic E-state index is 0.414. The summed E-state index contributed by atoms with van der Waals surface area (Å²) in [6, 6.07) is 15.1. The fourth-order valence-electron chi connectivity index (χ4n) is 3.25. The highest BCUT2D eigenvalue weighted by Gasteiger charge is 2.44. The molecule has 1 saturated carbocycles. The van der Waals surface area contributed by atoms with Gasteiger partial charge in [-0.05, 0) is 36.5 Å². The van der Waals surface area contributed by atoms with Crippen molar-refractivity contribution in [3.63, 3.8) is 0 Å². The Labute approximate surface area is 118 Å². The minimum atomic E-state index is 0.414. The summed E-state index contributed by atoms with van der Waals surface area (Å²) < 4.78 is 0. The van der Waals surface area contributed by atoms with E-state index in [9.17, 15) is 0 Å². The van der Waals surface area contributed by atoms with Gasteiger partial charge < -0.3 is 5.32 Å². The van der Waals surface area contributed by atoms with Crippen molar-refractivity contribution in [2.75, 3.05) is 0 Å². The molecule has 0 spiro atoms. The molecule has 2 saturated heterocycles. The van der Waals surface area contributed by atoms with Crippen LogP contribution in [0.3, 0.4) is 0 Å². The molecule has 2 aliphatic heterocycles. The zero-order valence-electron chi connectivity index (χ0n) is 11.2. The van der Waals surface area contributed by atoms with E-state index in [4.69, 9.17) is 4.99 Å². The van der Waals surface area contributed by atoms with Crippen LogP contribution in [0.5, 0.6) is 0 Å². The standard InChI is InChI=1S/C17H17N3/c1-2-5-12(6-3-1)16-13-9-14(10-13)17(20-16)19-15-7-4-8-18-11-15/h1-8,11,13-14,16H,9-10H2,(H,19,20). The largest absolute Gasteiger partial charge is 0.366 e. The maximum Gasteiger partial charge on any atom is 0.106 e. The van der Waals surface area contributed by atoms with Gasteiger partial charge in [0.05, 0.1) is 17.9 Å². The first kappa shape index (κ1) is 11.6. The first-order chi connectivity index (χ1) is 9.90. The second kappa shape index (κ2) is 4.75. The summed E-state index contributed by atoms with van der Waals surface area (Å²) in [4.78, 5) is 8.89. The molecule has 1 aliphatic carbocycles. The number of pyridine rings is 1. The van der Waals surface area contributed by atoms with E-state index in [1.807, 2.05) is 18.3 Å². The minimum Gasteiger partial charge on any atom is -0.366 e. The monoisotopic (exact) mass is 263 g/mol. The lowest BCUT2D eigenvalue weighted by atomic mass is 9.65. The number of nitrogens with zero attached hydrogens (tertiary/aromatic N) is 2. The molecule has 0 amide bonds. The number of amidine groups is 1. The first-order valence-electron chi connectivity index (χ1n) is 7.20. The Morgan fingerprint density at radius 2 is 1.90 bits per heavy atom. The average Bonchev–Trinajstić information content (AvgIpc) is 2.48. The van der Waals surface area contributed by atoms with Crippen LogP contribution in [0.1, 0.15) is 24.4 Å². The topological polar surface area (TPSA) is 37.3 Å². The quantitative estimate of drug-likeness (QED) is 0.900. The molecule has 2 bridgehead atoms. The third-order valence-corrected chi connectivity index (χ3v) is 4.39. The molecule has 20 heavy (non-hydrogen) atoms. The molecule has 1 atom stereocenters. The Bertz CT molecular complexity index is 615. The smallest absolute Gasteiger partial charge is 0.106 e.